The van der Waals surface area contributed by atoms with Crippen LogP contribution in [-0.2, 0) is 6.42 Å². The van der Waals surface area contributed by atoms with Crippen LogP contribution in [0.5, 0.6) is 0 Å². The van der Waals surface area contributed by atoms with Crippen LogP contribution >= 0.6 is 0 Å². The van der Waals surface area contributed by atoms with Crippen LogP contribution in [-0.4, -0.2) is 0 Å². The molecule has 0 amide bonds. The third-order valence-electron chi connectivity index (χ3n) is 6.02. The van der Waals surface area contributed by atoms with Crippen molar-refractivity contribution >= 4 is 11.7 Å². The summed E-state index contributed by atoms with van der Waals surface area (Å²) in [6.45, 7) is 3.19. The molecule has 0 fully saturated rings. The molecular weight excluding hydrogens is 493 g/mol. The molecular formula is C30H21F7. The van der Waals surface area contributed by atoms with E-state index >= 15 is 0 Å². The molecule has 0 bridgehead atoms. The highest BCUT2D eigenvalue weighted by atomic mass is 19.2. The SMILES string of the molecule is CCCc1ccc(-c2ccc(-c3cc(F)c(/C(F)=C(\F)c4cc(C)c(F)c(F)c4)c(F)c3)c(F)c2)cc1. The van der Waals surface area contributed by atoms with Gasteiger partial charge in [0.05, 0.1) is 5.56 Å². The maximum absolute atomic E-state index is 14.9. The highest BCUT2D eigenvalue weighted by molar-refractivity contribution is 5.84. The molecule has 190 valence electrons. The molecule has 0 N–H and O–H groups in total. The average Bonchev–Trinajstić information content (AvgIpc) is 2.86. The summed E-state index contributed by atoms with van der Waals surface area (Å²) in [4.78, 5) is 0. The van der Waals surface area contributed by atoms with Crippen molar-refractivity contribution in [2.24, 2.45) is 0 Å². The fraction of sp³-hybridized carbons (Fsp3) is 0.133. The van der Waals surface area contributed by atoms with E-state index in [9.17, 15) is 30.7 Å². The summed E-state index contributed by atoms with van der Waals surface area (Å²) in [5, 5.41) is 0. The van der Waals surface area contributed by atoms with Crippen LogP contribution in [0.15, 0.2) is 66.7 Å². The van der Waals surface area contributed by atoms with Crippen molar-refractivity contribution in [2.45, 2.75) is 26.7 Å². The van der Waals surface area contributed by atoms with Gasteiger partial charge in [0.1, 0.15) is 17.5 Å². The summed E-state index contributed by atoms with van der Waals surface area (Å²) in [6.07, 6.45) is 1.91. The number of rotatable bonds is 6. The van der Waals surface area contributed by atoms with Crippen LogP contribution in [0.4, 0.5) is 30.7 Å². The number of hydrogen-bond donors (Lipinski definition) is 0. The predicted molar refractivity (Wildman–Crippen MR) is 131 cm³/mol. The van der Waals surface area contributed by atoms with E-state index in [1.54, 1.807) is 6.07 Å². The summed E-state index contributed by atoms with van der Waals surface area (Å²) in [5.74, 6) is -10.1. The van der Waals surface area contributed by atoms with Gasteiger partial charge in [-0.3, -0.25) is 0 Å². The Morgan fingerprint density at radius 3 is 1.78 bits per heavy atom. The lowest BCUT2D eigenvalue weighted by Gasteiger charge is -2.11. The highest BCUT2D eigenvalue weighted by Gasteiger charge is 2.23. The Morgan fingerprint density at radius 1 is 0.622 bits per heavy atom. The van der Waals surface area contributed by atoms with Gasteiger partial charge in [-0.05, 0) is 71.5 Å². The molecule has 0 saturated carbocycles. The van der Waals surface area contributed by atoms with Gasteiger partial charge in [-0.15, -0.1) is 0 Å². The standard InChI is InChI=1S/C30H21F7/c1-3-4-17-5-7-18(8-6-17)19-9-10-22(23(31)12-19)20-13-24(32)27(25(33)14-20)30(37)29(36)21-11-16(2)28(35)26(34)15-21/h5-15H,3-4H2,1-2H3/b30-29+. The normalized spacial score (nSPS) is 12.0. The molecule has 0 aliphatic carbocycles. The van der Waals surface area contributed by atoms with Crippen molar-refractivity contribution < 1.29 is 30.7 Å². The minimum absolute atomic E-state index is 0.142. The smallest absolute Gasteiger partial charge is 0.172 e. The first kappa shape index (κ1) is 26.2. The molecule has 0 nitrogen and oxygen atoms in total. The first-order chi connectivity index (χ1) is 17.6. The maximum atomic E-state index is 14.9. The third-order valence-corrected chi connectivity index (χ3v) is 6.02. The lowest BCUT2D eigenvalue weighted by atomic mass is 9.97. The number of benzene rings is 4. The van der Waals surface area contributed by atoms with E-state index in [-0.39, 0.29) is 16.7 Å². The van der Waals surface area contributed by atoms with Crippen molar-refractivity contribution in [1.29, 1.82) is 0 Å². The van der Waals surface area contributed by atoms with Crippen LogP contribution in [0.1, 0.15) is 35.6 Å². The van der Waals surface area contributed by atoms with E-state index in [4.69, 9.17) is 0 Å². The summed E-state index contributed by atoms with van der Waals surface area (Å²) in [6, 6.07) is 14.3. The van der Waals surface area contributed by atoms with E-state index in [0.29, 0.717) is 23.8 Å². The fourth-order valence-electron chi connectivity index (χ4n) is 4.11. The van der Waals surface area contributed by atoms with Gasteiger partial charge >= 0.3 is 0 Å². The summed E-state index contributed by atoms with van der Waals surface area (Å²) < 4.78 is 101. The fourth-order valence-corrected chi connectivity index (χ4v) is 4.11. The van der Waals surface area contributed by atoms with Crippen molar-refractivity contribution in [2.75, 3.05) is 0 Å². The Balaban J connectivity index is 1.69. The second-order valence-electron chi connectivity index (χ2n) is 8.67. The van der Waals surface area contributed by atoms with Crippen molar-refractivity contribution in [3.05, 3.63) is 118 Å². The zero-order chi connectivity index (χ0) is 26.9. The van der Waals surface area contributed by atoms with Crippen molar-refractivity contribution in [3.63, 3.8) is 0 Å². The molecule has 0 saturated heterocycles. The Morgan fingerprint density at radius 2 is 1.22 bits per heavy atom. The van der Waals surface area contributed by atoms with Gasteiger partial charge in [0.25, 0.3) is 0 Å². The molecule has 7 heteroatoms. The van der Waals surface area contributed by atoms with Gasteiger partial charge in [-0.25, -0.2) is 30.7 Å². The quantitative estimate of drug-likeness (QED) is 0.177. The van der Waals surface area contributed by atoms with E-state index in [1.165, 1.54) is 12.1 Å². The first-order valence-corrected chi connectivity index (χ1v) is 11.5. The Kier molecular flexibility index (Phi) is 7.52. The van der Waals surface area contributed by atoms with E-state index < -0.39 is 51.9 Å². The molecule has 0 aliphatic heterocycles. The van der Waals surface area contributed by atoms with E-state index in [1.807, 2.05) is 24.3 Å². The third kappa shape index (κ3) is 5.31. The summed E-state index contributed by atoms with van der Waals surface area (Å²) in [7, 11) is 0. The number of hydrogen-bond acceptors (Lipinski definition) is 0. The predicted octanol–water partition coefficient (Wildman–Crippen LogP) is 9.74. The zero-order valence-electron chi connectivity index (χ0n) is 19.9. The van der Waals surface area contributed by atoms with Crippen molar-refractivity contribution in [3.8, 4) is 22.3 Å². The van der Waals surface area contributed by atoms with Gasteiger partial charge in [0.15, 0.2) is 23.3 Å². The van der Waals surface area contributed by atoms with Crippen LogP contribution in [0, 0.1) is 36.0 Å². The first-order valence-electron chi connectivity index (χ1n) is 11.5. The maximum Gasteiger partial charge on any atom is 0.172 e. The highest BCUT2D eigenvalue weighted by Crippen LogP contribution is 2.36. The molecule has 4 rings (SSSR count). The summed E-state index contributed by atoms with van der Waals surface area (Å²) >= 11 is 0. The number of halogens is 7. The van der Waals surface area contributed by atoms with Crippen LogP contribution in [0.25, 0.3) is 33.9 Å². The van der Waals surface area contributed by atoms with Crippen LogP contribution < -0.4 is 0 Å². The van der Waals surface area contributed by atoms with Gasteiger partial charge in [0, 0.05) is 11.1 Å². The number of aryl methyl sites for hydroxylation is 2. The molecule has 0 unspecified atom stereocenters. The Bertz CT molecular complexity index is 1460. The van der Waals surface area contributed by atoms with Gasteiger partial charge < -0.3 is 0 Å². The largest absolute Gasteiger partial charge is 0.206 e. The molecule has 0 spiro atoms. The molecule has 4 aromatic carbocycles. The minimum atomic E-state index is -1.94. The minimum Gasteiger partial charge on any atom is -0.206 e. The molecule has 0 aliphatic rings. The molecule has 0 heterocycles. The zero-order valence-corrected chi connectivity index (χ0v) is 19.9. The van der Waals surface area contributed by atoms with Crippen LogP contribution in [0.3, 0.4) is 0 Å². The van der Waals surface area contributed by atoms with E-state index in [0.717, 1.165) is 37.0 Å². The summed E-state index contributed by atoms with van der Waals surface area (Å²) in [5.41, 5.74) is -0.284. The van der Waals surface area contributed by atoms with Crippen molar-refractivity contribution in [1.82, 2.24) is 0 Å². The van der Waals surface area contributed by atoms with Gasteiger partial charge in [-0.2, -0.15) is 0 Å². The van der Waals surface area contributed by atoms with E-state index in [2.05, 4.69) is 6.92 Å². The lowest BCUT2D eigenvalue weighted by Crippen LogP contribution is -1.98. The second-order valence-corrected chi connectivity index (χ2v) is 8.67. The topological polar surface area (TPSA) is 0 Å². The molecule has 37 heavy (non-hydrogen) atoms. The molecule has 0 aromatic heterocycles. The Hall–Kier alpha value is -3.87. The van der Waals surface area contributed by atoms with Gasteiger partial charge in [0.2, 0.25) is 0 Å². The molecule has 0 radical (unpaired) electrons. The monoisotopic (exact) mass is 514 g/mol. The second kappa shape index (κ2) is 10.6. The lowest BCUT2D eigenvalue weighted by molar-refractivity contribution is 0.502. The Labute approximate surface area is 209 Å². The molecule has 4 aromatic rings. The van der Waals surface area contributed by atoms with Gasteiger partial charge in [-0.1, -0.05) is 49.7 Å². The van der Waals surface area contributed by atoms with Crippen LogP contribution in [0.2, 0.25) is 0 Å². The average molecular weight is 514 g/mol. The molecule has 0 atom stereocenters.